The first-order chi connectivity index (χ1) is 16.6. The predicted octanol–water partition coefficient (Wildman–Crippen LogP) is 3.84. The molecule has 0 radical (unpaired) electrons. The number of amides is 2. The molecule has 0 aromatic heterocycles. The first-order valence-corrected chi connectivity index (χ1v) is 13.8. The molecule has 8 nitrogen and oxygen atoms in total. The Labute approximate surface area is 213 Å². The molecule has 0 unspecified atom stereocenters. The highest BCUT2D eigenvalue weighted by molar-refractivity contribution is 7.92. The Hall–Kier alpha value is -2.78. The molecule has 0 spiro atoms. The third kappa shape index (κ3) is 8.43. The standard InChI is InChI=1S/C25H34ClN3O5S/c1-5-23(25(31)27-6-2)28(18-19-12-14-20(26)15-13-19)24(30)11-8-16-29(35(4,32)33)21-9-7-10-22(17-21)34-3/h7,9-10,12-15,17,23H,5-6,8,11,16,18H2,1-4H3,(H,27,31)/t23-/m1/s1. The highest BCUT2D eigenvalue weighted by atomic mass is 35.5. The summed E-state index contributed by atoms with van der Waals surface area (Å²) in [5.74, 6) is 0.0951. The third-order valence-corrected chi connectivity index (χ3v) is 6.94. The summed E-state index contributed by atoms with van der Waals surface area (Å²) in [6.45, 7) is 4.51. The van der Waals surface area contributed by atoms with Crippen LogP contribution in [0.4, 0.5) is 5.69 Å². The molecule has 2 aromatic rings. The van der Waals surface area contributed by atoms with Crippen LogP contribution in [0, 0.1) is 0 Å². The highest BCUT2D eigenvalue weighted by Crippen LogP contribution is 2.24. The molecule has 2 rings (SSSR count). The summed E-state index contributed by atoms with van der Waals surface area (Å²) < 4.78 is 31.4. The molecule has 1 N–H and O–H groups in total. The molecule has 2 amide bonds. The zero-order valence-corrected chi connectivity index (χ0v) is 22.2. The van der Waals surface area contributed by atoms with Gasteiger partial charge in [0.05, 0.1) is 19.1 Å². The monoisotopic (exact) mass is 523 g/mol. The summed E-state index contributed by atoms with van der Waals surface area (Å²) in [5.41, 5.74) is 1.31. The summed E-state index contributed by atoms with van der Waals surface area (Å²) >= 11 is 5.99. The van der Waals surface area contributed by atoms with Crippen LogP contribution in [-0.2, 0) is 26.2 Å². The Morgan fingerprint density at radius 1 is 1.11 bits per heavy atom. The van der Waals surface area contributed by atoms with Crippen molar-refractivity contribution in [1.29, 1.82) is 0 Å². The van der Waals surface area contributed by atoms with Gasteiger partial charge in [-0.1, -0.05) is 36.7 Å². The SMILES string of the molecule is CCNC(=O)[C@@H](CC)N(Cc1ccc(Cl)cc1)C(=O)CCCN(c1cccc(OC)c1)S(C)(=O)=O. The number of anilines is 1. The average molecular weight is 524 g/mol. The lowest BCUT2D eigenvalue weighted by molar-refractivity contribution is -0.141. The minimum atomic E-state index is -3.58. The van der Waals surface area contributed by atoms with E-state index in [0.29, 0.717) is 29.4 Å². The van der Waals surface area contributed by atoms with Crippen LogP contribution in [0.1, 0.15) is 38.7 Å². The molecule has 0 fully saturated rings. The number of benzene rings is 2. The topological polar surface area (TPSA) is 96.0 Å². The fourth-order valence-corrected chi connectivity index (χ4v) is 4.85. The summed E-state index contributed by atoms with van der Waals surface area (Å²) in [5, 5.41) is 3.38. The van der Waals surface area contributed by atoms with Gasteiger partial charge >= 0.3 is 0 Å². The van der Waals surface area contributed by atoms with Crippen LogP contribution in [0.5, 0.6) is 5.75 Å². The molecule has 0 bridgehead atoms. The van der Waals surface area contributed by atoms with Crippen LogP contribution in [-0.4, -0.2) is 57.6 Å². The molecular weight excluding hydrogens is 490 g/mol. The van der Waals surface area contributed by atoms with E-state index in [1.54, 1.807) is 41.3 Å². The van der Waals surface area contributed by atoms with E-state index in [0.717, 1.165) is 11.8 Å². The van der Waals surface area contributed by atoms with Crippen LogP contribution in [0.15, 0.2) is 48.5 Å². The van der Waals surface area contributed by atoms with E-state index in [1.165, 1.54) is 11.4 Å². The lowest BCUT2D eigenvalue weighted by Gasteiger charge is -2.31. The zero-order valence-electron chi connectivity index (χ0n) is 20.7. The number of carbonyl (C=O) groups excluding carboxylic acids is 2. The number of hydrogen-bond donors (Lipinski definition) is 1. The summed E-state index contributed by atoms with van der Waals surface area (Å²) in [6.07, 6.45) is 1.94. The first kappa shape index (κ1) is 28.5. The van der Waals surface area contributed by atoms with Gasteiger partial charge in [-0.2, -0.15) is 0 Å². The summed E-state index contributed by atoms with van der Waals surface area (Å²) in [4.78, 5) is 27.6. The summed E-state index contributed by atoms with van der Waals surface area (Å²) in [6, 6.07) is 13.2. The van der Waals surface area contributed by atoms with Gasteiger partial charge in [0.2, 0.25) is 21.8 Å². The normalized spacial score (nSPS) is 12.0. The molecule has 0 saturated carbocycles. The second-order valence-corrected chi connectivity index (χ2v) is 10.5. The highest BCUT2D eigenvalue weighted by Gasteiger charge is 2.28. The molecule has 0 aliphatic carbocycles. The molecular formula is C25H34ClN3O5S. The molecule has 192 valence electrons. The molecule has 0 heterocycles. The van der Waals surface area contributed by atoms with Gasteiger partial charge in [0.1, 0.15) is 11.8 Å². The van der Waals surface area contributed by atoms with E-state index < -0.39 is 16.1 Å². The Morgan fingerprint density at radius 3 is 2.37 bits per heavy atom. The average Bonchev–Trinajstić information content (AvgIpc) is 2.82. The van der Waals surface area contributed by atoms with Gasteiger partial charge in [0.15, 0.2) is 0 Å². The van der Waals surface area contributed by atoms with Crippen molar-refractivity contribution < 1.29 is 22.7 Å². The number of methoxy groups -OCH3 is 1. The van der Waals surface area contributed by atoms with Crippen LogP contribution in [0.2, 0.25) is 5.02 Å². The largest absolute Gasteiger partial charge is 0.497 e. The maximum absolute atomic E-state index is 13.3. The van der Waals surface area contributed by atoms with E-state index in [2.05, 4.69) is 5.32 Å². The number of sulfonamides is 1. The van der Waals surface area contributed by atoms with E-state index in [1.807, 2.05) is 26.0 Å². The van der Waals surface area contributed by atoms with Crippen molar-refractivity contribution in [2.24, 2.45) is 0 Å². The Bertz CT molecular complexity index is 1090. The minimum absolute atomic E-state index is 0.0828. The predicted molar refractivity (Wildman–Crippen MR) is 139 cm³/mol. The quantitative estimate of drug-likeness (QED) is 0.430. The Morgan fingerprint density at radius 2 is 1.80 bits per heavy atom. The number of nitrogens with zero attached hydrogens (tertiary/aromatic N) is 2. The smallest absolute Gasteiger partial charge is 0.242 e. The number of halogens is 1. The molecule has 2 aromatic carbocycles. The first-order valence-electron chi connectivity index (χ1n) is 11.5. The molecule has 1 atom stereocenters. The van der Waals surface area contributed by atoms with Crippen molar-refractivity contribution in [2.75, 3.05) is 30.8 Å². The number of rotatable bonds is 13. The van der Waals surface area contributed by atoms with Gasteiger partial charge in [-0.3, -0.25) is 13.9 Å². The molecule has 0 aliphatic heterocycles. The maximum Gasteiger partial charge on any atom is 0.242 e. The van der Waals surface area contributed by atoms with Crippen molar-refractivity contribution in [1.82, 2.24) is 10.2 Å². The third-order valence-electron chi connectivity index (χ3n) is 5.50. The lowest BCUT2D eigenvalue weighted by Crippen LogP contribution is -2.49. The van der Waals surface area contributed by atoms with Crippen molar-refractivity contribution in [3.63, 3.8) is 0 Å². The van der Waals surface area contributed by atoms with Crippen LogP contribution in [0.3, 0.4) is 0 Å². The van der Waals surface area contributed by atoms with E-state index in [4.69, 9.17) is 16.3 Å². The Kier molecular flexibility index (Phi) is 10.9. The number of likely N-dealkylation sites (N-methyl/N-ethyl adjacent to an activating group) is 1. The van der Waals surface area contributed by atoms with Gasteiger partial charge in [-0.15, -0.1) is 0 Å². The summed E-state index contributed by atoms with van der Waals surface area (Å²) in [7, 11) is -2.07. The Balaban J connectivity index is 2.20. The number of carbonyl (C=O) groups is 2. The second-order valence-electron chi connectivity index (χ2n) is 8.11. The second kappa shape index (κ2) is 13.3. The number of nitrogens with one attached hydrogen (secondary N) is 1. The lowest BCUT2D eigenvalue weighted by atomic mass is 10.1. The van der Waals surface area contributed by atoms with E-state index in [-0.39, 0.29) is 37.7 Å². The van der Waals surface area contributed by atoms with E-state index in [9.17, 15) is 18.0 Å². The van der Waals surface area contributed by atoms with Crippen LogP contribution >= 0.6 is 11.6 Å². The minimum Gasteiger partial charge on any atom is -0.497 e. The van der Waals surface area contributed by atoms with Crippen molar-refractivity contribution in [2.45, 2.75) is 45.7 Å². The zero-order chi connectivity index (χ0) is 26.0. The van der Waals surface area contributed by atoms with Gasteiger partial charge in [0, 0.05) is 37.1 Å². The van der Waals surface area contributed by atoms with Crippen molar-refractivity contribution in [3.8, 4) is 5.75 Å². The molecule has 0 aliphatic rings. The van der Waals surface area contributed by atoms with Crippen LogP contribution < -0.4 is 14.4 Å². The molecule has 35 heavy (non-hydrogen) atoms. The van der Waals surface area contributed by atoms with Crippen molar-refractivity contribution >= 4 is 39.1 Å². The fourth-order valence-electron chi connectivity index (χ4n) is 3.77. The number of hydrogen-bond acceptors (Lipinski definition) is 5. The fraction of sp³-hybridized carbons (Fsp3) is 0.440. The van der Waals surface area contributed by atoms with Gasteiger partial charge in [-0.05, 0) is 49.6 Å². The van der Waals surface area contributed by atoms with Crippen LogP contribution in [0.25, 0.3) is 0 Å². The molecule has 10 heteroatoms. The van der Waals surface area contributed by atoms with Gasteiger partial charge in [0.25, 0.3) is 0 Å². The molecule has 0 saturated heterocycles. The number of ether oxygens (including phenoxy) is 1. The van der Waals surface area contributed by atoms with Crippen molar-refractivity contribution in [3.05, 3.63) is 59.1 Å². The maximum atomic E-state index is 13.3. The van der Waals surface area contributed by atoms with Gasteiger partial charge in [-0.25, -0.2) is 8.42 Å². The van der Waals surface area contributed by atoms with E-state index >= 15 is 0 Å². The van der Waals surface area contributed by atoms with Gasteiger partial charge < -0.3 is 15.0 Å².